The van der Waals surface area contributed by atoms with E-state index in [1.54, 1.807) is 20.6 Å². The van der Waals surface area contributed by atoms with E-state index < -0.39 is 0 Å². The molecule has 2 aliphatic rings. The Labute approximate surface area is 86.5 Å². The first-order chi connectivity index (χ1) is 5.72. The fraction of sp³-hybridized carbons (Fsp3) is 0.636. The van der Waals surface area contributed by atoms with E-state index in [1.165, 1.54) is 25.7 Å². The average molecular weight is 195 g/mol. The van der Waals surface area contributed by atoms with Crippen LogP contribution in [0, 0.1) is 5.92 Å². The van der Waals surface area contributed by atoms with Gasteiger partial charge in [-0.05, 0) is 0 Å². The summed E-state index contributed by atoms with van der Waals surface area (Å²) in [6.07, 6.45) is 5.55. The summed E-state index contributed by atoms with van der Waals surface area (Å²) in [5.41, 5.74) is 5.10. The van der Waals surface area contributed by atoms with Gasteiger partial charge in [0.15, 0.2) is 0 Å². The van der Waals surface area contributed by atoms with E-state index in [9.17, 15) is 0 Å². The summed E-state index contributed by atoms with van der Waals surface area (Å²) in [6.45, 7) is 4.67. The van der Waals surface area contributed by atoms with Crippen LogP contribution >= 0.6 is 0 Å². The number of hydrogen-bond donors (Lipinski definition) is 0. The van der Waals surface area contributed by atoms with Crippen LogP contribution in [0.4, 0.5) is 0 Å². The van der Waals surface area contributed by atoms with Gasteiger partial charge in [0.25, 0.3) is 0 Å². The molecule has 0 aliphatic heterocycles. The molecule has 0 aromatic heterocycles. The second-order valence-electron chi connectivity index (χ2n) is 3.99. The molecule has 1 unspecified atom stereocenters. The molecule has 0 saturated carbocycles. The van der Waals surface area contributed by atoms with Gasteiger partial charge in [0, 0.05) is 0 Å². The second kappa shape index (κ2) is 3.16. The minimum absolute atomic E-state index is 0.764. The van der Waals surface area contributed by atoms with Crippen molar-refractivity contribution in [2.24, 2.45) is 5.92 Å². The predicted octanol–water partition coefficient (Wildman–Crippen LogP) is 3.33. The average Bonchev–Trinajstić information content (AvgIpc) is 2.33. The molecule has 0 aromatic carbocycles. The quantitative estimate of drug-likeness (QED) is 0.520. The second-order valence-corrected chi connectivity index (χ2v) is 4.77. The zero-order valence-corrected chi connectivity index (χ0v) is 9.47. The normalized spacial score (nSPS) is 29.6. The van der Waals surface area contributed by atoms with Crippen molar-refractivity contribution < 1.29 is 20.4 Å². The first kappa shape index (κ1) is 8.78. The van der Waals surface area contributed by atoms with Crippen LogP contribution in [0.15, 0.2) is 20.6 Å². The van der Waals surface area contributed by atoms with Gasteiger partial charge in [0.2, 0.25) is 0 Å². The fourth-order valence-corrected chi connectivity index (χ4v) is 3.19. The van der Waals surface area contributed by atoms with Gasteiger partial charge >= 0.3 is 86.5 Å². The van der Waals surface area contributed by atoms with Crippen LogP contribution in [-0.4, -0.2) is 0 Å². The standard InChI is InChI=1S/C11H15.Ti/c1-8-7-10-5-3-4-6-11(10)9(8)2;/h9H,3-6H2,1-2H3;. The van der Waals surface area contributed by atoms with Crippen molar-refractivity contribution in [3.05, 3.63) is 20.6 Å². The van der Waals surface area contributed by atoms with Crippen LogP contribution < -0.4 is 0 Å². The molecule has 0 spiro atoms. The SMILES string of the molecule is CC1=[C]([Ti])C2=C(CCCC2)C1C. The summed E-state index contributed by atoms with van der Waals surface area (Å²) in [7, 11) is 0. The van der Waals surface area contributed by atoms with E-state index in [-0.39, 0.29) is 0 Å². The summed E-state index contributed by atoms with van der Waals surface area (Å²) < 4.78 is 1.61. The molecule has 2 aliphatic carbocycles. The maximum absolute atomic E-state index is 2.37. The molecular formula is C11H15Ti. The molecule has 0 amide bonds. The Morgan fingerprint density at radius 2 is 1.92 bits per heavy atom. The number of hydrogen-bond acceptors (Lipinski definition) is 0. The fourth-order valence-electron chi connectivity index (χ4n) is 2.41. The van der Waals surface area contributed by atoms with Crippen molar-refractivity contribution in [1.82, 2.24) is 0 Å². The zero-order valence-electron chi connectivity index (χ0n) is 7.91. The molecule has 1 atom stereocenters. The molecule has 0 heterocycles. The molecule has 0 nitrogen and oxygen atoms in total. The molecule has 0 saturated heterocycles. The third-order valence-corrected chi connectivity index (χ3v) is 4.47. The Kier molecular flexibility index (Phi) is 2.31. The third-order valence-electron chi connectivity index (χ3n) is 3.38. The van der Waals surface area contributed by atoms with E-state index in [0.29, 0.717) is 0 Å². The van der Waals surface area contributed by atoms with Crippen LogP contribution in [0.1, 0.15) is 39.5 Å². The van der Waals surface area contributed by atoms with Gasteiger partial charge in [-0.2, -0.15) is 0 Å². The van der Waals surface area contributed by atoms with Crippen molar-refractivity contribution in [1.29, 1.82) is 0 Å². The number of rotatable bonds is 0. The zero-order chi connectivity index (χ0) is 8.72. The monoisotopic (exact) mass is 195 g/mol. The molecule has 2 rings (SSSR count). The Morgan fingerprint density at radius 3 is 2.58 bits per heavy atom. The Hall–Kier alpha value is 0.194. The van der Waals surface area contributed by atoms with Gasteiger partial charge in [0.1, 0.15) is 0 Å². The molecule has 63 valence electrons. The first-order valence-corrected chi connectivity index (χ1v) is 5.64. The summed E-state index contributed by atoms with van der Waals surface area (Å²) in [5, 5.41) is 0. The molecule has 1 heteroatoms. The molecule has 12 heavy (non-hydrogen) atoms. The molecule has 0 bridgehead atoms. The summed E-state index contributed by atoms with van der Waals surface area (Å²) in [5.74, 6) is 0.764. The van der Waals surface area contributed by atoms with Crippen molar-refractivity contribution in [3.63, 3.8) is 0 Å². The Morgan fingerprint density at radius 1 is 1.25 bits per heavy atom. The maximum atomic E-state index is 2.37. The Balaban J connectivity index is 2.39. The molecule has 0 fully saturated rings. The van der Waals surface area contributed by atoms with E-state index in [4.69, 9.17) is 0 Å². The van der Waals surface area contributed by atoms with Crippen LogP contribution in [0.2, 0.25) is 0 Å². The van der Waals surface area contributed by atoms with E-state index in [1.807, 2.05) is 0 Å². The van der Waals surface area contributed by atoms with Crippen LogP contribution in [0.3, 0.4) is 0 Å². The number of allylic oxidation sites excluding steroid dienone is 4. The molecular weight excluding hydrogens is 180 g/mol. The van der Waals surface area contributed by atoms with E-state index in [0.717, 1.165) is 5.92 Å². The van der Waals surface area contributed by atoms with E-state index >= 15 is 0 Å². The van der Waals surface area contributed by atoms with Crippen molar-refractivity contribution in [2.45, 2.75) is 39.5 Å². The van der Waals surface area contributed by atoms with Gasteiger partial charge in [-0.3, -0.25) is 0 Å². The Bertz CT molecular complexity index is 271. The van der Waals surface area contributed by atoms with Crippen LogP contribution in [0.25, 0.3) is 0 Å². The van der Waals surface area contributed by atoms with E-state index in [2.05, 4.69) is 34.3 Å². The van der Waals surface area contributed by atoms with Gasteiger partial charge in [-0.1, -0.05) is 0 Å². The summed E-state index contributed by atoms with van der Waals surface area (Å²) >= 11 is 2.31. The van der Waals surface area contributed by atoms with Crippen molar-refractivity contribution >= 4 is 0 Å². The van der Waals surface area contributed by atoms with Crippen molar-refractivity contribution in [2.75, 3.05) is 0 Å². The minimum atomic E-state index is 0.764. The predicted molar refractivity (Wildman–Crippen MR) is 47.4 cm³/mol. The van der Waals surface area contributed by atoms with Gasteiger partial charge in [0.05, 0.1) is 0 Å². The molecule has 0 N–H and O–H groups in total. The van der Waals surface area contributed by atoms with Crippen LogP contribution in [-0.2, 0) is 20.4 Å². The first-order valence-electron chi connectivity index (χ1n) is 4.86. The van der Waals surface area contributed by atoms with Gasteiger partial charge in [-0.15, -0.1) is 0 Å². The molecule has 0 aromatic rings. The summed E-state index contributed by atoms with van der Waals surface area (Å²) in [6, 6.07) is 0. The third kappa shape index (κ3) is 1.17. The topological polar surface area (TPSA) is 0 Å². The van der Waals surface area contributed by atoms with Gasteiger partial charge in [-0.25, -0.2) is 0 Å². The van der Waals surface area contributed by atoms with Crippen molar-refractivity contribution in [3.8, 4) is 0 Å². The van der Waals surface area contributed by atoms with Crippen LogP contribution in [0.5, 0.6) is 0 Å². The molecule has 0 radical (unpaired) electrons. The van der Waals surface area contributed by atoms with Gasteiger partial charge < -0.3 is 0 Å². The summed E-state index contributed by atoms with van der Waals surface area (Å²) in [4.78, 5) is 0.